The fourth-order valence-corrected chi connectivity index (χ4v) is 3.36. The molecule has 0 bridgehead atoms. The molecule has 2 atom stereocenters. The Kier molecular flexibility index (Phi) is 3.00. The molecule has 3 aromatic rings. The molecule has 21 heavy (non-hydrogen) atoms. The lowest BCUT2D eigenvalue weighted by Crippen LogP contribution is -2.25. The fourth-order valence-electron chi connectivity index (χ4n) is 3.36. The van der Waals surface area contributed by atoms with Gasteiger partial charge in [0, 0.05) is 0 Å². The van der Waals surface area contributed by atoms with Crippen LogP contribution in [0.15, 0.2) is 54.9 Å². The number of para-hydroxylation sites is 2. The van der Waals surface area contributed by atoms with Crippen LogP contribution >= 0.6 is 0 Å². The maximum absolute atomic E-state index is 10.4. The summed E-state index contributed by atoms with van der Waals surface area (Å²) in [6.07, 6.45) is 3.41. The molecule has 3 nitrogen and oxygen atoms in total. The van der Waals surface area contributed by atoms with Crippen molar-refractivity contribution in [2.75, 3.05) is 0 Å². The number of aliphatic hydroxyl groups excluding tert-OH is 1. The lowest BCUT2D eigenvalue weighted by Gasteiger charge is -2.31. The fraction of sp³-hybridized carbons (Fsp3) is 0.278. The molecule has 2 unspecified atom stereocenters. The first kappa shape index (κ1) is 12.6. The van der Waals surface area contributed by atoms with E-state index in [1.165, 1.54) is 11.1 Å². The second-order valence-corrected chi connectivity index (χ2v) is 5.88. The van der Waals surface area contributed by atoms with Crippen LogP contribution < -0.4 is 0 Å². The van der Waals surface area contributed by atoms with Gasteiger partial charge in [0.25, 0.3) is 0 Å². The van der Waals surface area contributed by atoms with Gasteiger partial charge < -0.3 is 9.67 Å². The molecule has 1 aliphatic carbocycles. The van der Waals surface area contributed by atoms with Gasteiger partial charge in [0.15, 0.2) is 0 Å². The molecule has 0 radical (unpaired) electrons. The summed E-state index contributed by atoms with van der Waals surface area (Å²) < 4.78 is 2.05. The molecule has 3 heteroatoms. The van der Waals surface area contributed by atoms with Crippen molar-refractivity contribution in [3.05, 3.63) is 66.0 Å². The summed E-state index contributed by atoms with van der Waals surface area (Å²) in [4.78, 5) is 4.37. The first-order valence-corrected chi connectivity index (χ1v) is 7.47. The lowest BCUT2D eigenvalue weighted by molar-refractivity contribution is 0.133. The summed E-state index contributed by atoms with van der Waals surface area (Å²) in [5.41, 5.74) is 4.92. The van der Waals surface area contributed by atoms with E-state index in [0.717, 1.165) is 23.9 Å². The molecule has 1 aliphatic rings. The van der Waals surface area contributed by atoms with Crippen LogP contribution in [-0.2, 0) is 13.0 Å². The zero-order chi connectivity index (χ0) is 14.2. The number of fused-ring (bicyclic) bond motifs is 2. The molecule has 0 saturated carbocycles. The third kappa shape index (κ3) is 2.24. The smallest absolute Gasteiger partial charge is 0.0959 e. The average molecular weight is 278 g/mol. The number of aromatic nitrogens is 2. The monoisotopic (exact) mass is 278 g/mol. The van der Waals surface area contributed by atoms with E-state index in [-0.39, 0.29) is 6.10 Å². The van der Waals surface area contributed by atoms with E-state index in [0.29, 0.717) is 12.5 Å². The topological polar surface area (TPSA) is 38.0 Å². The SMILES string of the molecule is OC(CC1Cc2ccccc21)Cn1cnc2ccccc21. The van der Waals surface area contributed by atoms with Crippen LogP contribution in [0.3, 0.4) is 0 Å². The minimum Gasteiger partial charge on any atom is -0.391 e. The Labute approximate surface area is 123 Å². The molecule has 2 aromatic carbocycles. The van der Waals surface area contributed by atoms with Crippen molar-refractivity contribution in [2.24, 2.45) is 0 Å². The van der Waals surface area contributed by atoms with Crippen LogP contribution in [0.4, 0.5) is 0 Å². The molecule has 1 aromatic heterocycles. The molecule has 0 amide bonds. The summed E-state index contributed by atoms with van der Waals surface area (Å²) in [5, 5.41) is 10.4. The number of hydrogen-bond acceptors (Lipinski definition) is 2. The first-order valence-electron chi connectivity index (χ1n) is 7.47. The number of hydrogen-bond donors (Lipinski definition) is 1. The lowest BCUT2D eigenvalue weighted by atomic mass is 9.75. The molecule has 4 rings (SSSR count). The average Bonchev–Trinajstić information content (AvgIpc) is 2.88. The van der Waals surface area contributed by atoms with Gasteiger partial charge in [-0.2, -0.15) is 0 Å². The van der Waals surface area contributed by atoms with Crippen molar-refractivity contribution in [1.29, 1.82) is 0 Å². The zero-order valence-electron chi connectivity index (χ0n) is 11.8. The minimum absolute atomic E-state index is 0.332. The summed E-state index contributed by atoms with van der Waals surface area (Å²) in [6, 6.07) is 16.6. The highest BCUT2D eigenvalue weighted by molar-refractivity contribution is 5.74. The largest absolute Gasteiger partial charge is 0.391 e. The maximum atomic E-state index is 10.4. The van der Waals surface area contributed by atoms with Crippen LogP contribution in [0.2, 0.25) is 0 Å². The molecular formula is C18H18N2O. The van der Waals surface area contributed by atoms with Gasteiger partial charge in [-0.3, -0.25) is 0 Å². The van der Waals surface area contributed by atoms with Crippen molar-refractivity contribution in [2.45, 2.75) is 31.4 Å². The van der Waals surface area contributed by atoms with Crippen molar-refractivity contribution < 1.29 is 5.11 Å². The van der Waals surface area contributed by atoms with Crippen molar-refractivity contribution >= 4 is 11.0 Å². The molecule has 0 fully saturated rings. The van der Waals surface area contributed by atoms with E-state index >= 15 is 0 Å². The van der Waals surface area contributed by atoms with Crippen molar-refractivity contribution in [3.8, 4) is 0 Å². The third-order valence-electron chi connectivity index (χ3n) is 4.45. The van der Waals surface area contributed by atoms with Crippen molar-refractivity contribution in [3.63, 3.8) is 0 Å². The van der Waals surface area contributed by atoms with E-state index in [2.05, 4.69) is 29.2 Å². The Bertz CT molecular complexity index is 777. The van der Waals surface area contributed by atoms with Gasteiger partial charge in [0.2, 0.25) is 0 Å². The van der Waals surface area contributed by atoms with E-state index < -0.39 is 0 Å². The van der Waals surface area contributed by atoms with Crippen LogP contribution in [0.1, 0.15) is 23.5 Å². The van der Waals surface area contributed by atoms with Gasteiger partial charge in [0.1, 0.15) is 0 Å². The van der Waals surface area contributed by atoms with Crippen LogP contribution in [-0.4, -0.2) is 20.8 Å². The number of aliphatic hydroxyl groups is 1. The number of imidazole rings is 1. The molecule has 0 spiro atoms. The van der Waals surface area contributed by atoms with Crippen LogP contribution in [0, 0.1) is 0 Å². The first-order chi connectivity index (χ1) is 10.3. The van der Waals surface area contributed by atoms with Gasteiger partial charge in [0.05, 0.1) is 30.0 Å². The quantitative estimate of drug-likeness (QED) is 0.796. The van der Waals surface area contributed by atoms with Crippen LogP contribution in [0.25, 0.3) is 11.0 Å². The number of rotatable bonds is 4. The second-order valence-electron chi connectivity index (χ2n) is 5.88. The van der Waals surface area contributed by atoms with E-state index in [1.54, 1.807) is 0 Å². The van der Waals surface area contributed by atoms with E-state index in [4.69, 9.17) is 0 Å². The maximum Gasteiger partial charge on any atom is 0.0959 e. The van der Waals surface area contributed by atoms with Gasteiger partial charge in [-0.05, 0) is 42.0 Å². The Balaban J connectivity index is 1.46. The summed E-state index contributed by atoms with van der Waals surface area (Å²) >= 11 is 0. The van der Waals surface area contributed by atoms with E-state index in [9.17, 15) is 5.11 Å². The number of nitrogens with zero attached hydrogens (tertiary/aromatic N) is 2. The second kappa shape index (κ2) is 5.01. The summed E-state index contributed by atoms with van der Waals surface area (Å²) in [6.45, 7) is 0.610. The molecule has 0 saturated heterocycles. The predicted molar refractivity (Wildman–Crippen MR) is 83.2 cm³/mol. The molecule has 0 aliphatic heterocycles. The standard InChI is InChI=1S/C18H18N2O/c21-15(10-14-9-13-5-1-2-6-16(13)14)11-20-12-19-17-7-3-4-8-18(17)20/h1-8,12,14-15,21H,9-11H2. The molecule has 1 heterocycles. The van der Waals surface area contributed by atoms with Gasteiger partial charge >= 0.3 is 0 Å². The molecule has 106 valence electrons. The van der Waals surface area contributed by atoms with Crippen LogP contribution in [0.5, 0.6) is 0 Å². The van der Waals surface area contributed by atoms with E-state index in [1.807, 2.05) is 35.2 Å². The summed E-state index contributed by atoms with van der Waals surface area (Å²) in [5.74, 6) is 0.506. The minimum atomic E-state index is -0.332. The number of benzene rings is 2. The Morgan fingerprint density at radius 3 is 2.86 bits per heavy atom. The Morgan fingerprint density at radius 2 is 1.95 bits per heavy atom. The predicted octanol–water partition coefficient (Wildman–Crippen LogP) is 3.13. The highest BCUT2D eigenvalue weighted by Gasteiger charge is 2.27. The third-order valence-corrected chi connectivity index (χ3v) is 4.45. The summed E-state index contributed by atoms with van der Waals surface area (Å²) in [7, 11) is 0. The highest BCUT2D eigenvalue weighted by Crippen LogP contribution is 2.38. The van der Waals surface area contributed by atoms with Gasteiger partial charge in [-0.25, -0.2) is 4.98 Å². The zero-order valence-corrected chi connectivity index (χ0v) is 11.8. The van der Waals surface area contributed by atoms with Gasteiger partial charge in [-0.1, -0.05) is 36.4 Å². The molecular weight excluding hydrogens is 260 g/mol. The normalized spacial score (nSPS) is 18.2. The van der Waals surface area contributed by atoms with Gasteiger partial charge in [-0.15, -0.1) is 0 Å². The van der Waals surface area contributed by atoms with Crippen molar-refractivity contribution in [1.82, 2.24) is 9.55 Å². The molecule has 1 N–H and O–H groups in total. The Hall–Kier alpha value is -2.13. The Morgan fingerprint density at radius 1 is 1.14 bits per heavy atom. The highest BCUT2D eigenvalue weighted by atomic mass is 16.3.